The van der Waals surface area contributed by atoms with Crippen molar-refractivity contribution in [2.45, 2.75) is 0 Å². The summed E-state index contributed by atoms with van der Waals surface area (Å²) in [6, 6.07) is 21.7. The first-order valence-corrected chi connectivity index (χ1v) is 7.42. The van der Waals surface area contributed by atoms with Crippen LogP contribution in [0.25, 0.3) is 33.7 Å². The summed E-state index contributed by atoms with van der Waals surface area (Å²) in [5, 5.41) is 11.2. The molecule has 0 N–H and O–H groups in total. The fraction of sp³-hybridized carbons (Fsp3) is 0. The van der Waals surface area contributed by atoms with Crippen molar-refractivity contribution in [3.05, 3.63) is 82.9 Å². The zero-order valence-electron chi connectivity index (χ0n) is 12.5. The normalized spacial score (nSPS) is 10.8. The lowest BCUT2D eigenvalue weighted by Crippen LogP contribution is -1.91. The Morgan fingerprint density at radius 2 is 1.62 bits per heavy atom. The Labute approximate surface area is 137 Å². The molecule has 116 valence electrons. The minimum Gasteiger partial charge on any atom is -0.436 e. The number of benzene rings is 3. The number of para-hydroxylation sites is 1. The van der Waals surface area contributed by atoms with Gasteiger partial charge in [-0.05, 0) is 35.9 Å². The molecule has 4 aromatic rings. The van der Waals surface area contributed by atoms with Crippen LogP contribution in [0.15, 0.2) is 77.2 Å². The van der Waals surface area contributed by atoms with Crippen molar-refractivity contribution in [1.29, 1.82) is 0 Å². The summed E-state index contributed by atoms with van der Waals surface area (Å²) in [6.45, 7) is 0. The van der Waals surface area contributed by atoms with Crippen LogP contribution in [0.2, 0.25) is 0 Å². The topological polar surface area (TPSA) is 69.2 Å². The van der Waals surface area contributed by atoms with Crippen LogP contribution in [0.4, 0.5) is 5.69 Å². The van der Waals surface area contributed by atoms with Crippen molar-refractivity contribution in [2.24, 2.45) is 0 Å². The summed E-state index contributed by atoms with van der Waals surface area (Å²) >= 11 is 0. The number of hydrogen-bond donors (Lipinski definition) is 0. The molecule has 0 aliphatic heterocycles. The van der Waals surface area contributed by atoms with Gasteiger partial charge in [0.05, 0.1) is 10.5 Å². The lowest BCUT2D eigenvalue weighted by Gasteiger charge is -2.02. The fourth-order valence-corrected chi connectivity index (χ4v) is 2.68. The molecule has 3 aromatic carbocycles. The molecule has 1 heterocycles. The first-order chi connectivity index (χ1) is 11.7. The van der Waals surface area contributed by atoms with Crippen LogP contribution < -0.4 is 0 Å². The molecule has 0 radical (unpaired) electrons. The van der Waals surface area contributed by atoms with Crippen molar-refractivity contribution < 1.29 is 9.34 Å². The van der Waals surface area contributed by atoms with Gasteiger partial charge in [-0.15, -0.1) is 0 Å². The maximum atomic E-state index is 11.2. The molecule has 0 saturated heterocycles. The number of rotatable bonds is 3. The van der Waals surface area contributed by atoms with Crippen LogP contribution in [-0.4, -0.2) is 9.91 Å². The highest BCUT2D eigenvalue weighted by molar-refractivity contribution is 5.84. The minimum absolute atomic E-state index is 0.0728. The number of nitro groups is 1. The highest BCUT2D eigenvalue weighted by Gasteiger charge is 2.16. The SMILES string of the molecule is O=[N+]([O-])c1ccccc1-c1ccc2oc(-c3ccccc3)nc2c1. The monoisotopic (exact) mass is 316 g/mol. The van der Waals surface area contributed by atoms with Gasteiger partial charge in [0.15, 0.2) is 5.58 Å². The van der Waals surface area contributed by atoms with Crippen molar-refractivity contribution in [1.82, 2.24) is 4.98 Å². The zero-order chi connectivity index (χ0) is 16.5. The lowest BCUT2D eigenvalue weighted by atomic mass is 10.0. The second-order valence-electron chi connectivity index (χ2n) is 5.34. The highest BCUT2D eigenvalue weighted by atomic mass is 16.6. The fourth-order valence-electron chi connectivity index (χ4n) is 2.68. The van der Waals surface area contributed by atoms with Gasteiger partial charge in [-0.25, -0.2) is 4.98 Å². The van der Waals surface area contributed by atoms with Crippen LogP contribution in [0.1, 0.15) is 0 Å². The Kier molecular flexibility index (Phi) is 3.31. The molecule has 0 amide bonds. The van der Waals surface area contributed by atoms with Gasteiger partial charge >= 0.3 is 0 Å². The second kappa shape index (κ2) is 5.62. The maximum absolute atomic E-state index is 11.2. The molecule has 0 bridgehead atoms. The average molecular weight is 316 g/mol. The van der Waals surface area contributed by atoms with Crippen LogP contribution >= 0.6 is 0 Å². The van der Waals surface area contributed by atoms with Crippen LogP contribution in [0.3, 0.4) is 0 Å². The van der Waals surface area contributed by atoms with E-state index in [1.54, 1.807) is 24.3 Å². The molecule has 1 aromatic heterocycles. The summed E-state index contributed by atoms with van der Waals surface area (Å²) in [7, 11) is 0. The van der Waals surface area contributed by atoms with Gasteiger partial charge in [0, 0.05) is 11.6 Å². The standard InChI is InChI=1S/C19H12N2O3/c22-21(23)17-9-5-4-8-15(17)14-10-11-18-16(12-14)20-19(24-18)13-6-2-1-3-7-13/h1-12H. The first kappa shape index (κ1) is 14.1. The average Bonchev–Trinajstić information content (AvgIpc) is 3.05. The van der Waals surface area contributed by atoms with E-state index in [2.05, 4.69) is 4.98 Å². The third-order valence-corrected chi connectivity index (χ3v) is 3.82. The van der Waals surface area contributed by atoms with E-state index in [4.69, 9.17) is 4.42 Å². The smallest absolute Gasteiger partial charge is 0.277 e. The minimum atomic E-state index is -0.377. The van der Waals surface area contributed by atoms with Gasteiger partial charge in [-0.1, -0.05) is 36.4 Å². The predicted molar refractivity (Wildman–Crippen MR) is 91.5 cm³/mol. The van der Waals surface area contributed by atoms with Gasteiger partial charge in [-0.3, -0.25) is 10.1 Å². The van der Waals surface area contributed by atoms with E-state index in [-0.39, 0.29) is 10.6 Å². The molecular formula is C19H12N2O3. The molecule has 0 unspecified atom stereocenters. The lowest BCUT2D eigenvalue weighted by molar-refractivity contribution is -0.384. The van der Waals surface area contributed by atoms with Crippen LogP contribution in [0.5, 0.6) is 0 Å². The highest BCUT2D eigenvalue weighted by Crippen LogP contribution is 2.32. The van der Waals surface area contributed by atoms with Crippen LogP contribution in [-0.2, 0) is 0 Å². The number of aromatic nitrogens is 1. The summed E-state index contributed by atoms with van der Waals surface area (Å²) in [5.74, 6) is 0.533. The van der Waals surface area contributed by atoms with E-state index in [9.17, 15) is 10.1 Å². The Hall–Kier alpha value is -3.47. The van der Waals surface area contributed by atoms with Gasteiger partial charge < -0.3 is 4.42 Å². The second-order valence-corrected chi connectivity index (χ2v) is 5.34. The summed E-state index contributed by atoms with van der Waals surface area (Å²) < 4.78 is 5.78. The molecule has 0 atom stereocenters. The third kappa shape index (κ3) is 2.42. The largest absolute Gasteiger partial charge is 0.436 e. The third-order valence-electron chi connectivity index (χ3n) is 3.82. The Morgan fingerprint density at radius 3 is 2.42 bits per heavy atom. The number of nitrogens with zero attached hydrogens (tertiary/aromatic N) is 2. The molecule has 24 heavy (non-hydrogen) atoms. The molecule has 0 saturated carbocycles. The molecule has 0 aliphatic rings. The van der Waals surface area contributed by atoms with Gasteiger partial charge in [0.2, 0.25) is 5.89 Å². The molecular weight excluding hydrogens is 304 g/mol. The van der Waals surface area contributed by atoms with Crippen LogP contribution in [0, 0.1) is 10.1 Å². The van der Waals surface area contributed by atoms with E-state index in [0.717, 1.165) is 11.1 Å². The molecule has 0 aliphatic carbocycles. The Bertz CT molecular complexity index is 1040. The van der Waals surface area contributed by atoms with E-state index >= 15 is 0 Å². The predicted octanol–water partition coefficient (Wildman–Crippen LogP) is 5.07. The quantitative estimate of drug-likeness (QED) is 0.391. The summed E-state index contributed by atoms with van der Waals surface area (Å²) in [6.07, 6.45) is 0. The molecule has 5 nitrogen and oxygen atoms in total. The van der Waals surface area contributed by atoms with E-state index in [0.29, 0.717) is 22.6 Å². The number of fused-ring (bicyclic) bond motifs is 1. The number of hydrogen-bond acceptors (Lipinski definition) is 4. The molecule has 5 heteroatoms. The number of oxazole rings is 1. The molecule has 0 fully saturated rings. The molecule has 4 rings (SSSR count). The van der Waals surface area contributed by atoms with E-state index < -0.39 is 0 Å². The van der Waals surface area contributed by atoms with Gasteiger partial charge in [-0.2, -0.15) is 0 Å². The van der Waals surface area contributed by atoms with Crippen molar-refractivity contribution in [3.8, 4) is 22.6 Å². The van der Waals surface area contributed by atoms with Gasteiger partial charge in [0.1, 0.15) is 5.52 Å². The van der Waals surface area contributed by atoms with Crippen molar-refractivity contribution in [3.63, 3.8) is 0 Å². The summed E-state index contributed by atoms with van der Waals surface area (Å²) in [5.41, 5.74) is 3.58. The zero-order valence-corrected chi connectivity index (χ0v) is 12.5. The van der Waals surface area contributed by atoms with Gasteiger partial charge in [0.25, 0.3) is 5.69 Å². The van der Waals surface area contributed by atoms with Crippen molar-refractivity contribution >= 4 is 16.8 Å². The number of nitro benzene ring substituents is 1. The van der Waals surface area contributed by atoms with E-state index in [1.807, 2.05) is 42.5 Å². The Balaban J connectivity index is 1.84. The maximum Gasteiger partial charge on any atom is 0.277 e. The summed E-state index contributed by atoms with van der Waals surface area (Å²) in [4.78, 5) is 15.3. The molecule has 0 spiro atoms. The van der Waals surface area contributed by atoms with Crippen molar-refractivity contribution in [2.75, 3.05) is 0 Å². The Morgan fingerprint density at radius 1 is 0.875 bits per heavy atom. The van der Waals surface area contributed by atoms with E-state index in [1.165, 1.54) is 6.07 Å². The first-order valence-electron chi connectivity index (χ1n) is 7.42.